The number of nitrogen functional groups attached to an aromatic ring is 1. The van der Waals surface area contributed by atoms with Crippen molar-refractivity contribution in [2.75, 3.05) is 30.0 Å². The van der Waals surface area contributed by atoms with Gasteiger partial charge in [0.1, 0.15) is 17.5 Å². The molecule has 3 N–H and O–H groups in total. The van der Waals surface area contributed by atoms with Crippen LogP contribution in [0.1, 0.15) is 12.7 Å². The van der Waals surface area contributed by atoms with Gasteiger partial charge in [0.25, 0.3) is 0 Å². The summed E-state index contributed by atoms with van der Waals surface area (Å²) in [5.41, 5.74) is 5.57. The molecule has 0 spiro atoms. The first-order valence-electron chi connectivity index (χ1n) is 7.31. The third-order valence-corrected chi connectivity index (χ3v) is 4.25. The highest BCUT2D eigenvalue weighted by molar-refractivity contribution is 7.99. The largest absolute Gasteiger partial charge is 0.368 e. The first-order chi connectivity index (χ1) is 11.8. The van der Waals surface area contributed by atoms with Gasteiger partial charge in [0.2, 0.25) is 17.8 Å². The fraction of sp³-hybridized carbons (Fsp3) is 0.333. The van der Waals surface area contributed by atoms with Crippen LogP contribution < -0.4 is 16.0 Å². The summed E-state index contributed by atoms with van der Waals surface area (Å²) in [6, 6.07) is 2.96. The molecule has 134 valence electrons. The normalized spacial score (nSPS) is 11.9. The van der Waals surface area contributed by atoms with Gasteiger partial charge in [-0.1, -0.05) is 0 Å². The van der Waals surface area contributed by atoms with E-state index in [1.165, 1.54) is 17.8 Å². The molecule has 0 aliphatic heterocycles. The maximum absolute atomic E-state index is 13.6. The second-order valence-electron chi connectivity index (χ2n) is 5.37. The number of carbonyl (C=O) groups excluding carboxylic acids is 1. The summed E-state index contributed by atoms with van der Waals surface area (Å²) in [5, 5.41) is 1.92. The van der Waals surface area contributed by atoms with E-state index in [9.17, 15) is 13.6 Å². The molecule has 0 fully saturated rings. The lowest BCUT2D eigenvalue weighted by Crippen LogP contribution is -2.23. The third-order valence-electron chi connectivity index (χ3n) is 3.11. The number of thioether (sulfide) groups is 1. The number of carbonyl (C=O) groups is 1. The van der Waals surface area contributed by atoms with E-state index in [-0.39, 0.29) is 11.6 Å². The van der Waals surface area contributed by atoms with Crippen molar-refractivity contribution in [2.45, 2.75) is 17.9 Å². The molecule has 2 rings (SSSR count). The molecule has 1 amide bonds. The van der Waals surface area contributed by atoms with Gasteiger partial charge in [-0.15, -0.1) is 11.8 Å². The molecule has 1 aromatic heterocycles. The lowest BCUT2D eigenvalue weighted by Gasteiger charge is -2.14. The van der Waals surface area contributed by atoms with Crippen LogP contribution >= 0.6 is 11.8 Å². The maximum Gasteiger partial charge on any atom is 0.237 e. The Morgan fingerprint density at radius 2 is 2.04 bits per heavy atom. The van der Waals surface area contributed by atoms with Gasteiger partial charge in [-0.2, -0.15) is 15.0 Å². The van der Waals surface area contributed by atoms with Crippen molar-refractivity contribution in [1.82, 2.24) is 15.0 Å². The molecule has 10 heteroatoms. The van der Waals surface area contributed by atoms with Crippen molar-refractivity contribution < 1.29 is 13.6 Å². The second-order valence-corrected chi connectivity index (χ2v) is 6.70. The quantitative estimate of drug-likeness (QED) is 0.805. The van der Waals surface area contributed by atoms with Crippen LogP contribution in [-0.4, -0.2) is 40.2 Å². The Balaban J connectivity index is 1.97. The minimum absolute atomic E-state index is 0.0712. The predicted molar refractivity (Wildman–Crippen MR) is 94.3 cm³/mol. The number of rotatable bonds is 6. The fourth-order valence-corrected chi connectivity index (χ4v) is 2.53. The van der Waals surface area contributed by atoms with E-state index in [0.717, 1.165) is 6.07 Å². The summed E-state index contributed by atoms with van der Waals surface area (Å²) in [4.78, 5) is 26.1. The Kier molecular flexibility index (Phi) is 6.07. The van der Waals surface area contributed by atoms with Gasteiger partial charge in [-0.05, 0) is 19.1 Å². The average molecular weight is 368 g/mol. The predicted octanol–water partition coefficient (Wildman–Crippen LogP) is 2.06. The molecular weight excluding hydrogens is 350 g/mol. The van der Waals surface area contributed by atoms with Gasteiger partial charge in [0.15, 0.2) is 0 Å². The van der Waals surface area contributed by atoms with Gasteiger partial charge >= 0.3 is 0 Å². The third kappa shape index (κ3) is 5.24. The monoisotopic (exact) mass is 368 g/mol. The van der Waals surface area contributed by atoms with Crippen LogP contribution in [0, 0.1) is 11.6 Å². The number of benzene rings is 1. The number of hydrogen-bond acceptors (Lipinski definition) is 7. The van der Waals surface area contributed by atoms with E-state index in [0.29, 0.717) is 23.6 Å². The standard InChI is InChI=1S/C15H18F2N6OS/c1-8(13(24)19-11-5-4-9(16)6-10(11)17)25-7-12-20-14(18)22-15(21-12)23(2)3/h4-6,8H,7H2,1-3H3,(H,19,24)(H2,18,20,21,22)/t8-/m0/s1. The van der Waals surface area contributed by atoms with Gasteiger partial charge in [-0.25, -0.2) is 8.78 Å². The van der Waals surface area contributed by atoms with E-state index >= 15 is 0 Å². The number of nitrogens with zero attached hydrogens (tertiary/aromatic N) is 4. The van der Waals surface area contributed by atoms with E-state index in [4.69, 9.17) is 5.73 Å². The summed E-state index contributed by atoms with van der Waals surface area (Å²) in [6.07, 6.45) is 0. The van der Waals surface area contributed by atoms with Crippen LogP contribution in [0.4, 0.5) is 26.4 Å². The first kappa shape index (κ1) is 18.8. The van der Waals surface area contributed by atoms with Gasteiger partial charge in [0.05, 0.1) is 16.7 Å². The molecule has 2 aromatic rings. The number of halogens is 2. The topological polar surface area (TPSA) is 97.0 Å². The molecule has 0 aliphatic rings. The molecule has 7 nitrogen and oxygen atoms in total. The lowest BCUT2D eigenvalue weighted by molar-refractivity contribution is -0.115. The fourth-order valence-electron chi connectivity index (χ4n) is 1.79. The minimum Gasteiger partial charge on any atom is -0.368 e. The summed E-state index contributed by atoms with van der Waals surface area (Å²) >= 11 is 1.26. The summed E-state index contributed by atoms with van der Waals surface area (Å²) in [6.45, 7) is 1.67. The van der Waals surface area contributed by atoms with Crippen LogP contribution in [0.25, 0.3) is 0 Å². The molecule has 1 heterocycles. The van der Waals surface area contributed by atoms with E-state index < -0.39 is 22.8 Å². The van der Waals surface area contributed by atoms with Crippen molar-refractivity contribution in [1.29, 1.82) is 0 Å². The number of anilines is 3. The Labute approximate surface area is 148 Å². The molecule has 0 aliphatic carbocycles. The highest BCUT2D eigenvalue weighted by atomic mass is 32.2. The smallest absolute Gasteiger partial charge is 0.237 e. The highest BCUT2D eigenvalue weighted by Crippen LogP contribution is 2.20. The summed E-state index contributed by atoms with van der Waals surface area (Å²) < 4.78 is 26.5. The van der Waals surface area contributed by atoms with Crippen LogP contribution in [-0.2, 0) is 10.5 Å². The number of nitrogens with two attached hydrogens (primary N) is 1. The lowest BCUT2D eigenvalue weighted by atomic mass is 10.3. The zero-order chi connectivity index (χ0) is 18.6. The maximum atomic E-state index is 13.6. The molecule has 0 saturated heterocycles. The molecule has 0 saturated carbocycles. The molecule has 0 radical (unpaired) electrons. The van der Waals surface area contributed by atoms with Gasteiger partial charge in [-0.3, -0.25) is 4.79 Å². The first-order valence-corrected chi connectivity index (χ1v) is 8.36. The van der Waals surface area contributed by atoms with Crippen molar-refractivity contribution >= 4 is 35.3 Å². The zero-order valence-corrected chi connectivity index (χ0v) is 14.8. The van der Waals surface area contributed by atoms with Crippen molar-refractivity contribution in [3.63, 3.8) is 0 Å². The SMILES string of the molecule is C[C@H](SCc1nc(N)nc(N(C)C)n1)C(=O)Nc1ccc(F)cc1F. The zero-order valence-electron chi connectivity index (χ0n) is 14.0. The number of amides is 1. The molecule has 25 heavy (non-hydrogen) atoms. The van der Waals surface area contributed by atoms with Crippen LogP contribution in [0.5, 0.6) is 0 Å². The van der Waals surface area contributed by atoms with E-state index in [1.54, 1.807) is 25.9 Å². The number of aromatic nitrogens is 3. The molecule has 1 aromatic carbocycles. The van der Waals surface area contributed by atoms with Gasteiger partial charge in [0, 0.05) is 20.2 Å². The van der Waals surface area contributed by atoms with Crippen molar-refractivity contribution in [3.05, 3.63) is 35.7 Å². The van der Waals surface area contributed by atoms with Crippen LogP contribution in [0.2, 0.25) is 0 Å². The molecule has 1 atom stereocenters. The molecule has 0 bridgehead atoms. The summed E-state index contributed by atoms with van der Waals surface area (Å²) in [7, 11) is 3.55. The van der Waals surface area contributed by atoms with Gasteiger partial charge < -0.3 is 16.0 Å². The van der Waals surface area contributed by atoms with Crippen LogP contribution in [0.3, 0.4) is 0 Å². The molecular formula is C15H18F2N6OS. The Hall–Kier alpha value is -2.49. The van der Waals surface area contributed by atoms with Crippen molar-refractivity contribution in [3.8, 4) is 0 Å². The Bertz CT molecular complexity index is 774. The second kappa shape index (κ2) is 8.06. The van der Waals surface area contributed by atoms with E-state index in [1.807, 2.05) is 0 Å². The summed E-state index contributed by atoms with van der Waals surface area (Å²) in [5.74, 6) is -0.658. The van der Waals surface area contributed by atoms with Crippen molar-refractivity contribution in [2.24, 2.45) is 0 Å². The number of nitrogens with one attached hydrogen (secondary N) is 1. The molecule has 0 unspecified atom stereocenters. The number of hydrogen-bond donors (Lipinski definition) is 2. The Morgan fingerprint density at radius 3 is 2.68 bits per heavy atom. The minimum atomic E-state index is -0.827. The Morgan fingerprint density at radius 1 is 1.32 bits per heavy atom. The van der Waals surface area contributed by atoms with Crippen LogP contribution in [0.15, 0.2) is 18.2 Å². The highest BCUT2D eigenvalue weighted by Gasteiger charge is 2.17. The van der Waals surface area contributed by atoms with E-state index in [2.05, 4.69) is 20.3 Å². The average Bonchev–Trinajstić information content (AvgIpc) is 2.54.